The van der Waals surface area contributed by atoms with Gasteiger partial charge in [0, 0.05) is 6.42 Å². The van der Waals surface area contributed by atoms with E-state index in [4.69, 9.17) is 9.47 Å². The Morgan fingerprint density at radius 2 is 0.843 bits per heavy atom. The van der Waals surface area contributed by atoms with Crippen LogP contribution in [-0.2, 0) is 14.3 Å². The minimum atomic E-state index is -1.57. The minimum absolute atomic E-state index is 0.178. The molecule has 0 spiro atoms. The molecule has 1 saturated heterocycles. The Morgan fingerprint density at radius 3 is 1.23 bits per heavy atom. The molecule has 0 radical (unpaired) electrons. The molecular formula is C61H115NO8. The smallest absolute Gasteiger partial charge is 0.220 e. The fourth-order valence-electron chi connectivity index (χ4n) is 9.66. The molecule has 1 fully saturated rings. The van der Waals surface area contributed by atoms with Crippen molar-refractivity contribution < 1.29 is 39.8 Å². The van der Waals surface area contributed by atoms with E-state index in [-0.39, 0.29) is 12.5 Å². The van der Waals surface area contributed by atoms with E-state index >= 15 is 0 Å². The van der Waals surface area contributed by atoms with Gasteiger partial charge in [-0.3, -0.25) is 4.79 Å². The van der Waals surface area contributed by atoms with Crippen molar-refractivity contribution in [2.24, 2.45) is 0 Å². The number of rotatable bonds is 52. The van der Waals surface area contributed by atoms with E-state index in [9.17, 15) is 30.3 Å². The molecule has 0 bridgehead atoms. The van der Waals surface area contributed by atoms with Crippen LogP contribution >= 0.6 is 0 Å². The molecule has 0 saturated carbocycles. The molecule has 7 unspecified atom stereocenters. The molecule has 0 aromatic rings. The average Bonchev–Trinajstić information content (AvgIpc) is 3.36. The summed E-state index contributed by atoms with van der Waals surface area (Å²) < 4.78 is 11.3. The lowest BCUT2D eigenvalue weighted by molar-refractivity contribution is -0.302. The van der Waals surface area contributed by atoms with E-state index in [1.165, 1.54) is 225 Å². The Morgan fingerprint density at radius 1 is 0.486 bits per heavy atom. The highest BCUT2D eigenvalue weighted by atomic mass is 16.7. The van der Waals surface area contributed by atoms with Crippen LogP contribution < -0.4 is 5.32 Å². The van der Waals surface area contributed by atoms with Gasteiger partial charge in [0.05, 0.1) is 25.4 Å². The summed E-state index contributed by atoms with van der Waals surface area (Å²) in [6.07, 6.45) is 59.2. The third-order valence-corrected chi connectivity index (χ3v) is 14.5. The van der Waals surface area contributed by atoms with Crippen LogP contribution in [0, 0.1) is 0 Å². The number of carbonyl (C=O) groups excluding carboxylic acids is 1. The first-order valence-electron chi connectivity index (χ1n) is 30.2. The second-order valence-corrected chi connectivity index (χ2v) is 21.1. The lowest BCUT2D eigenvalue weighted by Gasteiger charge is -2.40. The van der Waals surface area contributed by atoms with Gasteiger partial charge in [-0.2, -0.15) is 0 Å². The summed E-state index contributed by atoms with van der Waals surface area (Å²) in [7, 11) is 0. The van der Waals surface area contributed by atoms with Crippen LogP contribution in [-0.4, -0.2) is 87.5 Å². The zero-order chi connectivity index (χ0) is 50.8. The lowest BCUT2D eigenvalue weighted by atomic mass is 9.99. The second kappa shape index (κ2) is 50.9. The van der Waals surface area contributed by atoms with E-state index in [0.29, 0.717) is 6.42 Å². The molecule has 0 aliphatic carbocycles. The highest BCUT2D eigenvalue weighted by molar-refractivity contribution is 5.76. The normalized spacial score (nSPS) is 19.6. The molecule has 1 rings (SSSR count). The van der Waals surface area contributed by atoms with Gasteiger partial charge in [0.1, 0.15) is 24.4 Å². The zero-order valence-electron chi connectivity index (χ0n) is 45.8. The summed E-state index contributed by atoms with van der Waals surface area (Å²) in [5.41, 5.74) is 0. The highest BCUT2D eigenvalue weighted by Gasteiger charge is 2.44. The van der Waals surface area contributed by atoms with Crippen molar-refractivity contribution in [2.75, 3.05) is 13.2 Å². The second-order valence-electron chi connectivity index (χ2n) is 21.1. The topological polar surface area (TPSA) is 149 Å². The van der Waals surface area contributed by atoms with Gasteiger partial charge in [-0.05, 0) is 51.4 Å². The molecule has 0 aromatic carbocycles. The van der Waals surface area contributed by atoms with Crippen LogP contribution in [0.2, 0.25) is 0 Å². The van der Waals surface area contributed by atoms with E-state index in [0.717, 1.165) is 44.9 Å². The maximum Gasteiger partial charge on any atom is 0.220 e. The van der Waals surface area contributed by atoms with Crippen molar-refractivity contribution in [3.63, 3.8) is 0 Å². The molecular weight excluding hydrogens is 875 g/mol. The molecule has 0 aromatic heterocycles. The Kier molecular flexibility index (Phi) is 48.3. The molecule has 9 heteroatoms. The van der Waals surface area contributed by atoms with E-state index < -0.39 is 49.5 Å². The van der Waals surface area contributed by atoms with Crippen molar-refractivity contribution in [1.82, 2.24) is 5.32 Å². The number of hydrogen-bond donors (Lipinski definition) is 6. The first-order chi connectivity index (χ1) is 34.3. The number of unbranched alkanes of at least 4 members (excludes halogenated alkanes) is 38. The van der Waals surface area contributed by atoms with E-state index in [2.05, 4.69) is 43.5 Å². The predicted octanol–water partition coefficient (Wildman–Crippen LogP) is 15.1. The fraction of sp³-hybridized carbons (Fsp3) is 0.885. The summed E-state index contributed by atoms with van der Waals surface area (Å²) in [5, 5.41) is 54.6. The van der Waals surface area contributed by atoms with Crippen molar-refractivity contribution in [1.29, 1.82) is 0 Å². The maximum atomic E-state index is 13.1. The van der Waals surface area contributed by atoms with Crippen LogP contribution in [0.5, 0.6) is 0 Å². The van der Waals surface area contributed by atoms with Crippen LogP contribution in [0.3, 0.4) is 0 Å². The van der Waals surface area contributed by atoms with Crippen LogP contribution in [0.4, 0.5) is 0 Å². The molecule has 1 amide bonds. The Balaban J connectivity index is 2.22. The number of aliphatic hydroxyl groups is 5. The SMILES string of the molecule is CCCCCCCCCCC/C=C\C/C=C\CCCCCCCCCCCC(=O)NC(COC1OC(CO)C(O)C(O)C1O)C(O)/C=C/CCCCCCCCCCCCCCCCCCCCCC. The van der Waals surface area contributed by atoms with Crippen LogP contribution in [0.1, 0.15) is 290 Å². The minimum Gasteiger partial charge on any atom is -0.394 e. The van der Waals surface area contributed by atoms with E-state index in [1.807, 2.05) is 6.08 Å². The first kappa shape index (κ1) is 66.4. The highest BCUT2D eigenvalue weighted by Crippen LogP contribution is 2.23. The standard InChI is InChI=1S/C61H115NO8/c1-3-5-7-9-11-13-15-17-19-21-23-25-27-28-29-31-33-35-37-39-41-43-45-47-49-51-57(65)62-54(53-69-61-60(68)59(67)58(66)56(52-63)70-61)55(64)50-48-46-44-42-40-38-36-34-32-30-26-24-22-20-18-16-14-12-10-8-6-4-2/h23,25,28-29,48,50,54-56,58-61,63-64,66-68H,3-22,24,26-27,30-47,49,51-53H2,1-2H3,(H,62,65)/b25-23-,29-28-,50-48+. The van der Waals surface area contributed by atoms with Gasteiger partial charge in [-0.15, -0.1) is 0 Å². The molecule has 7 atom stereocenters. The fourth-order valence-corrected chi connectivity index (χ4v) is 9.66. The van der Waals surface area contributed by atoms with Crippen molar-refractivity contribution in [3.05, 3.63) is 36.5 Å². The number of carbonyl (C=O) groups is 1. The monoisotopic (exact) mass is 990 g/mol. The van der Waals surface area contributed by atoms with Gasteiger partial charge in [0.15, 0.2) is 6.29 Å². The number of amides is 1. The molecule has 1 aliphatic rings. The van der Waals surface area contributed by atoms with Gasteiger partial charge in [0.2, 0.25) is 5.91 Å². The summed E-state index contributed by atoms with van der Waals surface area (Å²) in [6, 6.07) is -0.808. The van der Waals surface area contributed by atoms with Gasteiger partial charge in [0.25, 0.3) is 0 Å². The molecule has 1 aliphatic heterocycles. The third kappa shape index (κ3) is 39.9. The van der Waals surface area contributed by atoms with Gasteiger partial charge in [-0.1, -0.05) is 269 Å². The summed E-state index contributed by atoms with van der Waals surface area (Å²) in [4.78, 5) is 13.1. The Hall–Kier alpha value is -1.59. The largest absolute Gasteiger partial charge is 0.394 e. The number of allylic oxidation sites excluding steroid dienone is 5. The van der Waals surface area contributed by atoms with Crippen LogP contribution in [0.25, 0.3) is 0 Å². The Labute approximate surface area is 431 Å². The number of aliphatic hydroxyl groups excluding tert-OH is 5. The molecule has 412 valence electrons. The zero-order valence-corrected chi connectivity index (χ0v) is 45.8. The predicted molar refractivity (Wildman–Crippen MR) is 295 cm³/mol. The lowest BCUT2D eigenvalue weighted by Crippen LogP contribution is -2.60. The third-order valence-electron chi connectivity index (χ3n) is 14.5. The first-order valence-corrected chi connectivity index (χ1v) is 30.2. The average molecular weight is 991 g/mol. The van der Waals surface area contributed by atoms with E-state index in [1.54, 1.807) is 6.08 Å². The van der Waals surface area contributed by atoms with Crippen molar-refractivity contribution >= 4 is 5.91 Å². The summed E-state index contributed by atoms with van der Waals surface area (Å²) in [6.45, 7) is 3.81. The number of hydrogen-bond acceptors (Lipinski definition) is 8. The Bertz CT molecular complexity index is 1190. The van der Waals surface area contributed by atoms with Crippen LogP contribution in [0.15, 0.2) is 36.5 Å². The van der Waals surface area contributed by atoms with Gasteiger partial charge in [-0.25, -0.2) is 0 Å². The van der Waals surface area contributed by atoms with Crippen molar-refractivity contribution in [2.45, 2.75) is 333 Å². The quantitative estimate of drug-likeness (QED) is 0.0261. The number of ether oxygens (including phenoxy) is 2. The van der Waals surface area contributed by atoms with Gasteiger partial charge >= 0.3 is 0 Å². The molecule has 70 heavy (non-hydrogen) atoms. The summed E-state index contributed by atoms with van der Waals surface area (Å²) >= 11 is 0. The molecule has 9 nitrogen and oxygen atoms in total. The maximum absolute atomic E-state index is 13.1. The number of nitrogens with one attached hydrogen (secondary N) is 1. The molecule has 1 heterocycles. The van der Waals surface area contributed by atoms with Gasteiger partial charge < -0.3 is 40.3 Å². The summed E-state index contributed by atoms with van der Waals surface area (Å²) in [5.74, 6) is -0.178. The van der Waals surface area contributed by atoms with Crippen molar-refractivity contribution in [3.8, 4) is 0 Å². The molecule has 6 N–H and O–H groups in total.